The lowest BCUT2D eigenvalue weighted by Crippen LogP contribution is -2.26. The minimum atomic E-state index is 0.178. The van der Waals surface area contributed by atoms with Crippen LogP contribution in [0.25, 0.3) is 0 Å². The molecule has 2 atom stereocenters. The molecule has 0 aliphatic heterocycles. The summed E-state index contributed by atoms with van der Waals surface area (Å²) >= 11 is 0. The molecule has 14 heavy (non-hydrogen) atoms. The Morgan fingerprint density at radius 1 is 1.43 bits per heavy atom. The van der Waals surface area contributed by atoms with Gasteiger partial charge in [0.25, 0.3) is 0 Å². The van der Waals surface area contributed by atoms with E-state index in [1.165, 1.54) is 24.8 Å². The van der Waals surface area contributed by atoms with Gasteiger partial charge in [0.15, 0.2) is 0 Å². The molecule has 2 aliphatic rings. The molecule has 1 N–H and O–H groups in total. The number of hydrogen-bond donors (Lipinski definition) is 1. The summed E-state index contributed by atoms with van der Waals surface area (Å²) in [5, 5.41) is 9.52. The molecule has 2 saturated carbocycles. The highest BCUT2D eigenvalue weighted by molar-refractivity contribution is 5.13. The van der Waals surface area contributed by atoms with Crippen LogP contribution in [0.5, 0.6) is 0 Å². The van der Waals surface area contributed by atoms with E-state index in [0.29, 0.717) is 6.61 Å². The van der Waals surface area contributed by atoms with Crippen LogP contribution in [0, 0.1) is 17.3 Å². The first-order chi connectivity index (χ1) is 6.81. The predicted octanol–water partition coefficient (Wildman–Crippen LogP) is 2.23. The SMILES string of the molecule is OCC1(Cc2ccoc2)CC2CC2C1. The van der Waals surface area contributed by atoms with Crippen LogP contribution in [-0.2, 0) is 6.42 Å². The van der Waals surface area contributed by atoms with Crippen molar-refractivity contribution in [3.05, 3.63) is 24.2 Å². The van der Waals surface area contributed by atoms with Crippen LogP contribution in [0.4, 0.5) is 0 Å². The van der Waals surface area contributed by atoms with E-state index in [1.807, 2.05) is 6.07 Å². The van der Waals surface area contributed by atoms with Crippen molar-refractivity contribution in [1.82, 2.24) is 0 Å². The molecule has 0 spiro atoms. The third kappa shape index (κ3) is 1.29. The number of hydrogen-bond acceptors (Lipinski definition) is 2. The normalized spacial score (nSPS) is 39.8. The highest BCUT2D eigenvalue weighted by atomic mass is 16.3. The molecule has 0 aromatic carbocycles. The molecule has 2 unspecified atom stereocenters. The number of rotatable bonds is 3. The Morgan fingerprint density at radius 3 is 2.79 bits per heavy atom. The van der Waals surface area contributed by atoms with Gasteiger partial charge in [0.05, 0.1) is 12.5 Å². The fourth-order valence-corrected chi connectivity index (χ4v) is 3.16. The second-order valence-corrected chi connectivity index (χ2v) is 5.13. The summed E-state index contributed by atoms with van der Waals surface area (Å²) in [5.74, 6) is 1.85. The summed E-state index contributed by atoms with van der Waals surface area (Å²) in [6, 6.07) is 2.02. The van der Waals surface area contributed by atoms with Crippen LogP contribution in [0.3, 0.4) is 0 Å². The maximum Gasteiger partial charge on any atom is 0.0934 e. The van der Waals surface area contributed by atoms with E-state index in [-0.39, 0.29) is 5.41 Å². The van der Waals surface area contributed by atoms with Crippen LogP contribution in [-0.4, -0.2) is 11.7 Å². The first-order valence-electron chi connectivity index (χ1n) is 5.43. The predicted molar refractivity (Wildman–Crippen MR) is 52.8 cm³/mol. The average Bonchev–Trinajstić information content (AvgIpc) is 2.68. The Kier molecular flexibility index (Phi) is 1.75. The van der Waals surface area contributed by atoms with Crippen molar-refractivity contribution in [2.75, 3.05) is 6.61 Å². The topological polar surface area (TPSA) is 33.4 Å². The maximum atomic E-state index is 9.52. The minimum Gasteiger partial charge on any atom is -0.472 e. The Labute approximate surface area is 83.9 Å². The summed E-state index contributed by atoms with van der Waals surface area (Å²) in [4.78, 5) is 0. The number of fused-ring (bicyclic) bond motifs is 1. The largest absolute Gasteiger partial charge is 0.472 e. The van der Waals surface area contributed by atoms with Crippen molar-refractivity contribution in [2.45, 2.75) is 25.7 Å². The van der Waals surface area contributed by atoms with Gasteiger partial charge in [-0.1, -0.05) is 0 Å². The van der Waals surface area contributed by atoms with E-state index in [9.17, 15) is 5.11 Å². The Bertz CT molecular complexity index is 305. The fourth-order valence-electron chi connectivity index (χ4n) is 3.16. The van der Waals surface area contributed by atoms with Gasteiger partial charge in [-0.05, 0) is 54.6 Å². The quantitative estimate of drug-likeness (QED) is 0.796. The third-order valence-electron chi connectivity index (χ3n) is 3.95. The first kappa shape index (κ1) is 8.54. The highest BCUT2D eigenvalue weighted by Crippen LogP contribution is 2.60. The van der Waals surface area contributed by atoms with Crippen molar-refractivity contribution < 1.29 is 9.52 Å². The molecule has 0 bridgehead atoms. The lowest BCUT2D eigenvalue weighted by Gasteiger charge is -2.27. The van der Waals surface area contributed by atoms with Crippen LogP contribution >= 0.6 is 0 Å². The van der Waals surface area contributed by atoms with E-state index in [0.717, 1.165) is 18.3 Å². The van der Waals surface area contributed by atoms with Gasteiger partial charge in [-0.3, -0.25) is 0 Å². The summed E-state index contributed by atoms with van der Waals surface area (Å²) in [7, 11) is 0. The Balaban J connectivity index is 1.75. The van der Waals surface area contributed by atoms with Gasteiger partial charge in [0.2, 0.25) is 0 Å². The highest BCUT2D eigenvalue weighted by Gasteiger charge is 2.53. The van der Waals surface area contributed by atoms with Gasteiger partial charge < -0.3 is 9.52 Å². The Hall–Kier alpha value is -0.760. The first-order valence-corrected chi connectivity index (χ1v) is 5.43. The molecule has 0 radical (unpaired) electrons. The standard InChI is InChI=1S/C12H16O2/c13-8-12(4-9-1-2-14-7-9)5-10-3-11(10)6-12/h1-2,7,10-11,13H,3-6,8H2. The number of aliphatic hydroxyl groups is 1. The molecule has 1 aromatic heterocycles. The second kappa shape index (κ2) is 2.86. The van der Waals surface area contributed by atoms with Crippen LogP contribution in [0.15, 0.2) is 23.0 Å². The summed E-state index contributed by atoms with van der Waals surface area (Å²) in [6.07, 6.45) is 8.37. The summed E-state index contributed by atoms with van der Waals surface area (Å²) < 4.78 is 5.07. The molecule has 0 amide bonds. The van der Waals surface area contributed by atoms with Crippen LogP contribution in [0.1, 0.15) is 24.8 Å². The van der Waals surface area contributed by atoms with Gasteiger partial charge in [0, 0.05) is 6.61 Å². The van der Waals surface area contributed by atoms with Crippen molar-refractivity contribution in [3.8, 4) is 0 Å². The third-order valence-corrected chi connectivity index (χ3v) is 3.95. The van der Waals surface area contributed by atoms with E-state index < -0.39 is 0 Å². The van der Waals surface area contributed by atoms with E-state index >= 15 is 0 Å². The maximum absolute atomic E-state index is 9.52. The van der Waals surface area contributed by atoms with Crippen LogP contribution in [0.2, 0.25) is 0 Å². The summed E-state index contributed by atoms with van der Waals surface area (Å²) in [6.45, 7) is 0.338. The van der Waals surface area contributed by atoms with Gasteiger partial charge >= 0.3 is 0 Å². The lowest BCUT2D eigenvalue weighted by molar-refractivity contribution is 0.117. The zero-order valence-electron chi connectivity index (χ0n) is 8.28. The molecule has 2 fully saturated rings. The van der Waals surface area contributed by atoms with E-state index in [4.69, 9.17) is 4.42 Å². The molecule has 1 heterocycles. The molecular weight excluding hydrogens is 176 g/mol. The smallest absolute Gasteiger partial charge is 0.0934 e. The van der Waals surface area contributed by atoms with Gasteiger partial charge in [-0.2, -0.15) is 0 Å². The van der Waals surface area contributed by atoms with Gasteiger partial charge in [0.1, 0.15) is 0 Å². The zero-order valence-corrected chi connectivity index (χ0v) is 8.28. The summed E-state index contributed by atoms with van der Waals surface area (Å²) in [5.41, 5.74) is 1.41. The van der Waals surface area contributed by atoms with Crippen molar-refractivity contribution in [2.24, 2.45) is 17.3 Å². The molecule has 2 heteroatoms. The van der Waals surface area contributed by atoms with E-state index in [2.05, 4.69) is 0 Å². The number of aliphatic hydroxyl groups excluding tert-OH is 1. The lowest BCUT2D eigenvalue weighted by atomic mass is 9.79. The van der Waals surface area contributed by atoms with Crippen molar-refractivity contribution >= 4 is 0 Å². The molecule has 2 aliphatic carbocycles. The Morgan fingerprint density at radius 2 is 2.21 bits per heavy atom. The second-order valence-electron chi connectivity index (χ2n) is 5.13. The van der Waals surface area contributed by atoms with Crippen LogP contribution < -0.4 is 0 Å². The van der Waals surface area contributed by atoms with Crippen molar-refractivity contribution in [3.63, 3.8) is 0 Å². The molecule has 0 saturated heterocycles. The molecule has 2 nitrogen and oxygen atoms in total. The minimum absolute atomic E-state index is 0.178. The van der Waals surface area contributed by atoms with Crippen molar-refractivity contribution in [1.29, 1.82) is 0 Å². The van der Waals surface area contributed by atoms with E-state index in [1.54, 1.807) is 12.5 Å². The van der Waals surface area contributed by atoms with Gasteiger partial charge in [-0.25, -0.2) is 0 Å². The molecular formula is C12H16O2. The van der Waals surface area contributed by atoms with Gasteiger partial charge in [-0.15, -0.1) is 0 Å². The average molecular weight is 192 g/mol. The molecule has 76 valence electrons. The monoisotopic (exact) mass is 192 g/mol. The zero-order chi connectivity index (χ0) is 9.60. The number of furan rings is 1. The molecule has 3 rings (SSSR count). The fraction of sp³-hybridized carbons (Fsp3) is 0.667. The molecule has 1 aromatic rings.